The Morgan fingerprint density at radius 1 is 1.00 bits per heavy atom. The molecule has 0 atom stereocenters. The van der Waals surface area contributed by atoms with E-state index >= 15 is 0 Å². The summed E-state index contributed by atoms with van der Waals surface area (Å²) in [6.45, 7) is 0.705. The number of alkyl halides is 1. The molecule has 0 saturated heterocycles. The van der Waals surface area contributed by atoms with Crippen LogP contribution in [-0.2, 0) is 0 Å². The lowest BCUT2D eigenvalue weighted by molar-refractivity contribution is 0.172. The van der Waals surface area contributed by atoms with E-state index in [0.717, 1.165) is 11.1 Å². The summed E-state index contributed by atoms with van der Waals surface area (Å²) >= 11 is 3.64. The van der Waals surface area contributed by atoms with Crippen molar-refractivity contribution in [2.75, 3.05) is 33.3 Å². The third-order valence-electron chi connectivity index (χ3n) is 4.13. The first-order valence-electron chi connectivity index (χ1n) is 7.17. The highest BCUT2D eigenvalue weighted by Crippen LogP contribution is 2.43. The summed E-state index contributed by atoms with van der Waals surface area (Å²) in [6.07, 6.45) is 4.99. The molecule has 1 aliphatic rings. The van der Waals surface area contributed by atoms with E-state index in [1.807, 2.05) is 12.1 Å². The largest absolute Gasteiger partial charge is 0.493 e. The van der Waals surface area contributed by atoms with Crippen molar-refractivity contribution in [2.45, 2.75) is 25.7 Å². The molecule has 5 heteroatoms. The third-order valence-corrected chi connectivity index (χ3v) is 5.32. The maximum Gasteiger partial charge on any atom is 0.203 e. The molecule has 0 N–H and O–H groups in total. The number of halogens is 1. The number of rotatable bonds is 7. The van der Waals surface area contributed by atoms with Crippen molar-refractivity contribution in [1.82, 2.24) is 0 Å². The SMILES string of the molecule is COc1cc(OCC2(CBr)CCCC2)cc(OC)c1OC. The lowest BCUT2D eigenvalue weighted by Gasteiger charge is -2.26. The van der Waals surface area contributed by atoms with Crippen LogP contribution in [0.2, 0.25) is 0 Å². The minimum Gasteiger partial charge on any atom is -0.493 e. The summed E-state index contributed by atoms with van der Waals surface area (Å²) in [4.78, 5) is 0. The van der Waals surface area contributed by atoms with Gasteiger partial charge in [0.25, 0.3) is 0 Å². The summed E-state index contributed by atoms with van der Waals surface area (Å²) in [7, 11) is 4.81. The Balaban J connectivity index is 2.16. The number of benzene rings is 1. The standard InChI is InChI=1S/C16H23BrO4/c1-18-13-8-12(9-14(19-2)15(13)20-3)21-11-16(10-17)6-4-5-7-16/h8-9H,4-7,10-11H2,1-3H3. The third kappa shape index (κ3) is 3.57. The highest BCUT2D eigenvalue weighted by atomic mass is 79.9. The molecule has 1 aliphatic carbocycles. The molecule has 2 rings (SSSR count). The van der Waals surface area contributed by atoms with Crippen LogP contribution in [0.5, 0.6) is 23.0 Å². The zero-order valence-corrected chi connectivity index (χ0v) is 14.5. The molecule has 0 amide bonds. The molecule has 21 heavy (non-hydrogen) atoms. The Morgan fingerprint density at radius 3 is 2.00 bits per heavy atom. The topological polar surface area (TPSA) is 36.9 Å². The molecule has 4 nitrogen and oxygen atoms in total. The maximum absolute atomic E-state index is 6.02. The molecule has 0 aromatic heterocycles. The zero-order valence-electron chi connectivity index (χ0n) is 12.9. The van der Waals surface area contributed by atoms with Crippen LogP contribution >= 0.6 is 15.9 Å². The predicted molar refractivity (Wildman–Crippen MR) is 86.3 cm³/mol. The van der Waals surface area contributed by atoms with E-state index in [1.54, 1.807) is 21.3 Å². The molecule has 1 aromatic rings. The first kappa shape index (κ1) is 16.3. The summed E-state index contributed by atoms with van der Waals surface area (Å²) in [6, 6.07) is 3.69. The number of hydrogen-bond donors (Lipinski definition) is 0. The number of hydrogen-bond acceptors (Lipinski definition) is 4. The smallest absolute Gasteiger partial charge is 0.203 e. The van der Waals surface area contributed by atoms with Crippen LogP contribution in [-0.4, -0.2) is 33.3 Å². The van der Waals surface area contributed by atoms with Gasteiger partial charge in [0, 0.05) is 22.9 Å². The van der Waals surface area contributed by atoms with Gasteiger partial charge in [0.05, 0.1) is 27.9 Å². The Bertz CT molecular complexity index is 444. The van der Waals surface area contributed by atoms with Crippen LogP contribution in [0, 0.1) is 5.41 Å². The minimum atomic E-state index is 0.250. The molecule has 0 spiro atoms. The number of methoxy groups -OCH3 is 3. The van der Waals surface area contributed by atoms with E-state index < -0.39 is 0 Å². The van der Waals surface area contributed by atoms with Gasteiger partial charge in [-0.2, -0.15) is 0 Å². The Morgan fingerprint density at radius 2 is 1.57 bits per heavy atom. The monoisotopic (exact) mass is 358 g/mol. The van der Waals surface area contributed by atoms with Gasteiger partial charge in [-0.25, -0.2) is 0 Å². The second-order valence-electron chi connectivity index (χ2n) is 5.49. The van der Waals surface area contributed by atoms with E-state index in [1.165, 1.54) is 25.7 Å². The van der Waals surface area contributed by atoms with Crippen molar-refractivity contribution in [3.8, 4) is 23.0 Å². The van der Waals surface area contributed by atoms with Crippen LogP contribution in [0.15, 0.2) is 12.1 Å². The molecule has 0 bridgehead atoms. The number of ether oxygens (including phenoxy) is 4. The van der Waals surface area contributed by atoms with Crippen LogP contribution in [0.4, 0.5) is 0 Å². The highest BCUT2D eigenvalue weighted by Gasteiger charge is 2.33. The van der Waals surface area contributed by atoms with Crippen molar-refractivity contribution in [3.05, 3.63) is 12.1 Å². The van der Waals surface area contributed by atoms with E-state index in [0.29, 0.717) is 23.9 Å². The van der Waals surface area contributed by atoms with Gasteiger partial charge < -0.3 is 18.9 Å². The molecule has 0 heterocycles. The van der Waals surface area contributed by atoms with Crippen molar-refractivity contribution < 1.29 is 18.9 Å². The van der Waals surface area contributed by atoms with E-state index in [-0.39, 0.29) is 5.41 Å². The van der Waals surface area contributed by atoms with Gasteiger partial charge in [-0.05, 0) is 12.8 Å². The van der Waals surface area contributed by atoms with Gasteiger partial charge in [-0.15, -0.1) is 0 Å². The lowest BCUT2D eigenvalue weighted by atomic mass is 9.90. The quantitative estimate of drug-likeness (QED) is 0.689. The Hall–Kier alpha value is -1.10. The molecule has 1 fully saturated rings. The average Bonchev–Trinajstić information content (AvgIpc) is 3.01. The van der Waals surface area contributed by atoms with E-state index in [9.17, 15) is 0 Å². The summed E-state index contributed by atoms with van der Waals surface area (Å²) in [5, 5.41) is 0.977. The fourth-order valence-electron chi connectivity index (χ4n) is 2.82. The minimum absolute atomic E-state index is 0.250. The van der Waals surface area contributed by atoms with Crippen LogP contribution < -0.4 is 18.9 Å². The summed E-state index contributed by atoms with van der Waals surface area (Å²) in [5.74, 6) is 2.57. The lowest BCUT2D eigenvalue weighted by Crippen LogP contribution is -2.27. The Labute approximate surface area is 134 Å². The molecule has 1 aromatic carbocycles. The van der Waals surface area contributed by atoms with Crippen LogP contribution in [0.3, 0.4) is 0 Å². The van der Waals surface area contributed by atoms with Gasteiger partial charge in [-0.1, -0.05) is 28.8 Å². The first-order valence-corrected chi connectivity index (χ1v) is 8.29. The molecule has 0 radical (unpaired) electrons. The van der Waals surface area contributed by atoms with Crippen molar-refractivity contribution in [2.24, 2.45) is 5.41 Å². The maximum atomic E-state index is 6.02. The molecule has 118 valence electrons. The second-order valence-corrected chi connectivity index (χ2v) is 6.05. The van der Waals surface area contributed by atoms with Gasteiger partial charge >= 0.3 is 0 Å². The summed E-state index contributed by atoms with van der Waals surface area (Å²) < 4.78 is 22.0. The van der Waals surface area contributed by atoms with Crippen molar-refractivity contribution in [1.29, 1.82) is 0 Å². The fraction of sp³-hybridized carbons (Fsp3) is 0.625. The highest BCUT2D eigenvalue weighted by molar-refractivity contribution is 9.09. The molecule has 1 saturated carbocycles. The van der Waals surface area contributed by atoms with Gasteiger partial charge in [0.1, 0.15) is 5.75 Å². The summed E-state index contributed by atoms with van der Waals surface area (Å²) in [5.41, 5.74) is 0.250. The molecule has 0 unspecified atom stereocenters. The van der Waals surface area contributed by atoms with Crippen LogP contribution in [0.25, 0.3) is 0 Å². The van der Waals surface area contributed by atoms with Crippen LogP contribution in [0.1, 0.15) is 25.7 Å². The fourth-order valence-corrected chi connectivity index (χ4v) is 3.54. The molecule has 0 aliphatic heterocycles. The normalized spacial score (nSPS) is 16.6. The average molecular weight is 359 g/mol. The van der Waals surface area contributed by atoms with E-state index in [4.69, 9.17) is 18.9 Å². The predicted octanol–water partition coefficient (Wildman–Crippen LogP) is 4.05. The van der Waals surface area contributed by atoms with Gasteiger partial charge in [-0.3, -0.25) is 0 Å². The zero-order chi connectivity index (χ0) is 15.3. The molecular weight excluding hydrogens is 336 g/mol. The van der Waals surface area contributed by atoms with Gasteiger partial charge in [0.15, 0.2) is 11.5 Å². The van der Waals surface area contributed by atoms with Crippen molar-refractivity contribution in [3.63, 3.8) is 0 Å². The van der Waals surface area contributed by atoms with Gasteiger partial charge in [0.2, 0.25) is 5.75 Å². The second kappa shape index (κ2) is 7.25. The van der Waals surface area contributed by atoms with E-state index in [2.05, 4.69) is 15.9 Å². The van der Waals surface area contributed by atoms with Crippen molar-refractivity contribution >= 4 is 15.9 Å². The molecular formula is C16H23BrO4. The first-order chi connectivity index (χ1) is 10.2. The Kier molecular flexibility index (Phi) is 5.62.